The molecule has 0 aromatic heterocycles. The Bertz CT molecular complexity index is 549. The van der Waals surface area contributed by atoms with Gasteiger partial charge in [-0.1, -0.05) is 79.8 Å². The third kappa shape index (κ3) is 20.4. The maximum Gasteiger partial charge on any atom is 0.306 e. The Hall–Kier alpha value is -2.17. The first-order chi connectivity index (χ1) is 14.2. The summed E-state index contributed by atoms with van der Waals surface area (Å²) in [6.45, 7) is 1.42. The molecule has 0 radical (unpaired) electrons. The molecule has 29 heavy (non-hydrogen) atoms. The van der Waals surface area contributed by atoms with Crippen LogP contribution >= 0.6 is 0 Å². The number of rotatable bonds is 17. The summed E-state index contributed by atoms with van der Waals surface area (Å²) in [5.74, 6) is -0.405. The predicted octanol–water partition coefficient (Wildman–Crippen LogP) is 5.36. The molecule has 0 rings (SSSR count). The van der Waals surface area contributed by atoms with Crippen LogP contribution in [0.15, 0.2) is 72.9 Å². The second kappa shape index (κ2) is 22.1. The zero-order valence-corrected chi connectivity index (χ0v) is 17.8. The van der Waals surface area contributed by atoms with Gasteiger partial charge in [-0.05, 0) is 44.9 Å². The van der Waals surface area contributed by atoms with E-state index in [2.05, 4.69) is 67.7 Å². The molecule has 0 fully saturated rings. The monoisotopic (exact) mass is 402 g/mol. The Morgan fingerprint density at radius 1 is 0.690 bits per heavy atom. The van der Waals surface area contributed by atoms with Crippen LogP contribution in [0.5, 0.6) is 0 Å². The van der Waals surface area contributed by atoms with Crippen LogP contribution in [0.1, 0.15) is 58.3 Å². The molecule has 0 unspecified atom stereocenters. The molecule has 0 aliphatic heterocycles. The highest BCUT2D eigenvalue weighted by molar-refractivity contribution is 5.69. The summed E-state index contributed by atoms with van der Waals surface area (Å²) in [6, 6.07) is 0. The molecule has 4 heteroatoms. The zero-order chi connectivity index (χ0) is 21.4. The lowest BCUT2D eigenvalue weighted by Crippen LogP contribution is -2.25. The summed E-state index contributed by atoms with van der Waals surface area (Å²) < 4.78 is 4.88. The van der Waals surface area contributed by atoms with E-state index in [1.165, 1.54) is 0 Å². The summed E-state index contributed by atoms with van der Waals surface area (Å²) in [7, 11) is 0. The molecule has 0 amide bonds. The standard InChI is InChI=1S/C25H38O4/c1-2-3-4-5-6-7-8-9-10-11-12-13-14-15-16-17-18-19-20-21-25(28)29-24(22-26)23-27/h3-4,6-7,9-10,12-13,15-16,18-19,24,26-27H,2,5,8,11,14,17,20-23H2,1H3/b4-3+,7-6+,10-9+,13-12+,16-15-,19-18+. The minimum atomic E-state index is -0.812. The maximum atomic E-state index is 11.4. The average molecular weight is 403 g/mol. The topological polar surface area (TPSA) is 66.8 Å². The molecular weight excluding hydrogens is 364 g/mol. The van der Waals surface area contributed by atoms with Crippen LogP contribution in [0.3, 0.4) is 0 Å². The van der Waals surface area contributed by atoms with Crippen molar-refractivity contribution < 1.29 is 19.7 Å². The molecule has 0 heterocycles. The summed E-state index contributed by atoms with van der Waals surface area (Å²) in [5, 5.41) is 17.7. The van der Waals surface area contributed by atoms with Gasteiger partial charge in [0.05, 0.1) is 13.2 Å². The van der Waals surface area contributed by atoms with E-state index in [-0.39, 0.29) is 19.6 Å². The van der Waals surface area contributed by atoms with Gasteiger partial charge in [-0.3, -0.25) is 4.79 Å². The smallest absolute Gasteiger partial charge is 0.306 e. The van der Waals surface area contributed by atoms with Crippen LogP contribution in [0.4, 0.5) is 0 Å². The molecule has 0 aliphatic carbocycles. The van der Waals surface area contributed by atoms with Gasteiger partial charge >= 0.3 is 5.97 Å². The quantitative estimate of drug-likeness (QED) is 0.254. The fourth-order valence-electron chi connectivity index (χ4n) is 2.22. The molecule has 0 aromatic carbocycles. The van der Waals surface area contributed by atoms with E-state index in [9.17, 15) is 4.79 Å². The minimum absolute atomic E-state index is 0.249. The van der Waals surface area contributed by atoms with Gasteiger partial charge in [-0.25, -0.2) is 0 Å². The van der Waals surface area contributed by atoms with Crippen LogP contribution in [0.2, 0.25) is 0 Å². The van der Waals surface area contributed by atoms with Crippen LogP contribution in [0.25, 0.3) is 0 Å². The van der Waals surface area contributed by atoms with E-state index in [4.69, 9.17) is 14.9 Å². The van der Waals surface area contributed by atoms with Crippen molar-refractivity contribution in [3.8, 4) is 0 Å². The first-order valence-corrected chi connectivity index (χ1v) is 10.6. The van der Waals surface area contributed by atoms with Crippen molar-refractivity contribution >= 4 is 5.97 Å². The highest BCUT2D eigenvalue weighted by atomic mass is 16.6. The number of allylic oxidation sites excluding steroid dienone is 12. The third-order valence-electron chi connectivity index (χ3n) is 3.82. The van der Waals surface area contributed by atoms with Crippen molar-refractivity contribution in [1.29, 1.82) is 0 Å². The van der Waals surface area contributed by atoms with Crippen molar-refractivity contribution in [1.82, 2.24) is 0 Å². The maximum absolute atomic E-state index is 11.4. The number of hydrogen-bond donors (Lipinski definition) is 2. The van der Waals surface area contributed by atoms with Gasteiger partial charge in [0.2, 0.25) is 0 Å². The van der Waals surface area contributed by atoms with Crippen LogP contribution in [-0.2, 0) is 9.53 Å². The molecule has 0 aliphatic rings. The third-order valence-corrected chi connectivity index (χ3v) is 3.82. The predicted molar refractivity (Wildman–Crippen MR) is 122 cm³/mol. The Labute approximate surface area is 176 Å². The highest BCUT2D eigenvalue weighted by Gasteiger charge is 2.10. The number of esters is 1. The number of aliphatic hydroxyl groups is 2. The molecule has 162 valence electrons. The molecule has 0 bridgehead atoms. The average Bonchev–Trinajstić information content (AvgIpc) is 2.73. The largest absolute Gasteiger partial charge is 0.457 e. The molecule has 0 spiro atoms. The van der Waals surface area contributed by atoms with E-state index in [0.29, 0.717) is 6.42 Å². The van der Waals surface area contributed by atoms with E-state index in [0.717, 1.165) is 38.5 Å². The van der Waals surface area contributed by atoms with Gasteiger partial charge in [-0.2, -0.15) is 0 Å². The summed E-state index contributed by atoms with van der Waals surface area (Å²) >= 11 is 0. The minimum Gasteiger partial charge on any atom is -0.457 e. The second-order valence-electron chi connectivity index (χ2n) is 6.43. The van der Waals surface area contributed by atoms with Crippen LogP contribution < -0.4 is 0 Å². The SMILES string of the molecule is CC/C=C/C/C=C/C/C=C/C/C=C/C/C=C\C/C=C/CCC(=O)OC(CO)CO. The van der Waals surface area contributed by atoms with Crippen molar-refractivity contribution in [2.45, 2.75) is 64.4 Å². The molecule has 0 aromatic rings. The Kier molecular flexibility index (Phi) is 20.5. The summed E-state index contributed by atoms with van der Waals surface area (Å²) in [6.07, 6.45) is 31.5. The van der Waals surface area contributed by atoms with Crippen LogP contribution in [0, 0.1) is 0 Å². The molecule has 0 atom stereocenters. The first kappa shape index (κ1) is 26.8. The number of aliphatic hydroxyl groups excluding tert-OH is 2. The molecular formula is C25H38O4. The normalized spacial score (nSPS) is 13.0. The number of carbonyl (C=O) groups excluding carboxylic acids is 1. The zero-order valence-electron chi connectivity index (χ0n) is 17.8. The fraction of sp³-hybridized carbons (Fsp3) is 0.480. The summed E-state index contributed by atoms with van der Waals surface area (Å²) in [4.78, 5) is 11.4. The Balaban J connectivity index is 3.63. The molecule has 2 N–H and O–H groups in total. The van der Waals surface area contributed by atoms with E-state index < -0.39 is 12.1 Å². The number of ether oxygens (including phenoxy) is 1. The number of hydrogen-bond acceptors (Lipinski definition) is 4. The van der Waals surface area contributed by atoms with Crippen molar-refractivity contribution in [3.05, 3.63) is 72.9 Å². The van der Waals surface area contributed by atoms with E-state index in [1.807, 2.05) is 12.2 Å². The van der Waals surface area contributed by atoms with Crippen molar-refractivity contribution in [3.63, 3.8) is 0 Å². The van der Waals surface area contributed by atoms with Gasteiger partial charge in [0.15, 0.2) is 0 Å². The highest BCUT2D eigenvalue weighted by Crippen LogP contribution is 2.00. The Morgan fingerprint density at radius 2 is 1.07 bits per heavy atom. The molecule has 0 saturated heterocycles. The second-order valence-corrected chi connectivity index (χ2v) is 6.43. The lowest BCUT2D eigenvalue weighted by molar-refractivity contribution is -0.153. The Morgan fingerprint density at radius 3 is 1.45 bits per heavy atom. The van der Waals surface area contributed by atoms with Gasteiger partial charge < -0.3 is 14.9 Å². The summed E-state index contributed by atoms with van der Waals surface area (Å²) in [5.41, 5.74) is 0. The lowest BCUT2D eigenvalue weighted by Gasteiger charge is -2.11. The molecule has 4 nitrogen and oxygen atoms in total. The van der Waals surface area contributed by atoms with Crippen molar-refractivity contribution in [2.24, 2.45) is 0 Å². The molecule has 0 saturated carbocycles. The van der Waals surface area contributed by atoms with Gasteiger partial charge in [0, 0.05) is 6.42 Å². The first-order valence-electron chi connectivity index (χ1n) is 10.6. The van der Waals surface area contributed by atoms with Crippen molar-refractivity contribution in [2.75, 3.05) is 13.2 Å². The number of carbonyl (C=O) groups is 1. The fourth-order valence-corrected chi connectivity index (χ4v) is 2.22. The van der Waals surface area contributed by atoms with Gasteiger partial charge in [-0.15, -0.1) is 0 Å². The van der Waals surface area contributed by atoms with E-state index in [1.54, 1.807) is 0 Å². The van der Waals surface area contributed by atoms with Gasteiger partial charge in [0.25, 0.3) is 0 Å². The van der Waals surface area contributed by atoms with E-state index >= 15 is 0 Å². The van der Waals surface area contributed by atoms with Gasteiger partial charge in [0.1, 0.15) is 6.10 Å². The lowest BCUT2D eigenvalue weighted by atomic mass is 10.2. The van der Waals surface area contributed by atoms with Crippen LogP contribution in [-0.4, -0.2) is 35.5 Å².